The van der Waals surface area contributed by atoms with Gasteiger partial charge in [0.1, 0.15) is 6.04 Å². The zero-order chi connectivity index (χ0) is 24.8. The Bertz CT molecular complexity index is 1280. The first-order valence-electron chi connectivity index (χ1n) is 12.2. The normalized spacial score (nSPS) is 33.7. The molecular formula is C26H28N2O5S2. The van der Waals surface area contributed by atoms with Crippen molar-refractivity contribution in [1.82, 2.24) is 9.88 Å². The van der Waals surface area contributed by atoms with Crippen LogP contribution in [0.5, 0.6) is 0 Å². The average molecular weight is 513 g/mol. The van der Waals surface area contributed by atoms with Crippen molar-refractivity contribution in [3.8, 4) is 0 Å². The van der Waals surface area contributed by atoms with Gasteiger partial charge in [0.05, 0.1) is 16.9 Å². The standard InChI is InChI=1S/C26H28N2O5S2/c1-10(2)8-15(25(31)32)28-23(29)18-13-9-14(19(18)24(28)30)20-17(13)16(12-6-4-11(3)5-7-12)21-22(34-20)27-26(33)35-21/h4-7,10,13-20H,8-9H2,1-3H3,(H,27,33)(H,31,32)/t13-,14+,15-,16+,17+,18+,19+,20+/m0/s1. The molecule has 35 heavy (non-hydrogen) atoms. The molecule has 1 aromatic heterocycles. The maximum Gasteiger partial charge on any atom is 0.326 e. The van der Waals surface area contributed by atoms with E-state index in [2.05, 4.69) is 29.2 Å². The molecule has 3 heterocycles. The van der Waals surface area contributed by atoms with Crippen molar-refractivity contribution >= 4 is 40.9 Å². The van der Waals surface area contributed by atoms with Gasteiger partial charge in [-0.25, -0.2) is 4.79 Å². The molecule has 0 radical (unpaired) electrons. The molecule has 4 aliphatic rings. The molecule has 0 spiro atoms. The van der Waals surface area contributed by atoms with Crippen molar-refractivity contribution in [3.05, 3.63) is 49.9 Å². The largest absolute Gasteiger partial charge is 0.480 e. The summed E-state index contributed by atoms with van der Waals surface area (Å²) in [7, 11) is 0. The number of aryl methyl sites for hydroxylation is 1. The van der Waals surface area contributed by atoms with Gasteiger partial charge in [0.15, 0.2) is 0 Å². The molecular weight excluding hydrogens is 484 g/mol. The number of hydrogen-bond acceptors (Lipinski definition) is 6. The van der Waals surface area contributed by atoms with Crippen LogP contribution in [0.2, 0.25) is 0 Å². The Hall–Kier alpha value is -2.39. The fraction of sp³-hybridized carbons (Fsp3) is 0.538. The molecule has 1 aromatic carbocycles. The van der Waals surface area contributed by atoms with Gasteiger partial charge in [-0.05, 0) is 49.0 Å². The highest BCUT2D eigenvalue weighted by Gasteiger charge is 2.70. The maximum atomic E-state index is 13.7. The number of thioether (sulfide) groups is 1. The van der Waals surface area contributed by atoms with E-state index in [9.17, 15) is 24.3 Å². The third-order valence-electron chi connectivity index (χ3n) is 8.49. The number of fused-ring (bicyclic) bond motifs is 9. The average Bonchev–Trinajstić information content (AvgIpc) is 3.52. The van der Waals surface area contributed by atoms with Gasteiger partial charge in [-0.2, -0.15) is 0 Å². The van der Waals surface area contributed by atoms with Crippen LogP contribution >= 0.6 is 23.1 Å². The van der Waals surface area contributed by atoms with Crippen LogP contribution < -0.4 is 4.87 Å². The molecule has 2 aromatic rings. The summed E-state index contributed by atoms with van der Waals surface area (Å²) >= 11 is 2.89. The van der Waals surface area contributed by atoms with Crippen LogP contribution in [0.15, 0.2) is 34.1 Å². The number of thiazole rings is 1. The number of hydrogen-bond donors (Lipinski definition) is 2. The number of rotatable bonds is 5. The number of aromatic nitrogens is 1. The first kappa shape index (κ1) is 23.0. The van der Waals surface area contributed by atoms with E-state index >= 15 is 0 Å². The fourth-order valence-electron chi connectivity index (χ4n) is 7.26. The summed E-state index contributed by atoms with van der Waals surface area (Å²) in [5.74, 6) is -2.50. The number of H-pyrrole nitrogens is 1. The summed E-state index contributed by atoms with van der Waals surface area (Å²) in [5.41, 5.74) is 2.28. The molecule has 2 amide bonds. The van der Waals surface area contributed by atoms with Crippen LogP contribution in [-0.2, 0) is 14.4 Å². The molecule has 2 bridgehead atoms. The summed E-state index contributed by atoms with van der Waals surface area (Å²) in [6.45, 7) is 5.85. The molecule has 184 valence electrons. The predicted octanol–water partition coefficient (Wildman–Crippen LogP) is 3.72. The van der Waals surface area contributed by atoms with E-state index in [0.717, 1.165) is 32.4 Å². The maximum absolute atomic E-state index is 13.7. The van der Waals surface area contributed by atoms with Crippen LogP contribution in [0.1, 0.15) is 48.6 Å². The Morgan fingerprint density at radius 2 is 1.77 bits per heavy atom. The number of carbonyl (C=O) groups is 3. The van der Waals surface area contributed by atoms with Gasteiger partial charge in [-0.1, -0.05) is 55.0 Å². The van der Waals surface area contributed by atoms with Crippen molar-refractivity contribution in [3.63, 3.8) is 0 Å². The van der Waals surface area contributed by atoms with Gasteiger partial charge in [-0.3, -0.25) is 19.3 Å². The van der Waals surface area contributed by atoms with Gasteiger partial charge >= 0.3 is 10.8 Å². The lowest BCUT2D eigenvalue weighted by Gasteiger charge is -2.43. The van der Waals surface area contributed by atoms with E-state index in [4.69, 9.17) is 0 Å². The Balaban J connectivity index is 1.42. The number of aromatic amines is 1. The first-order chi connectivity index (χ1) is 16.7. The van der Waals surface area contributed by atoms with Crippen molar-refractivity contribution < 1.29 is 19.5 Å². The second-order valence-corrected chi connectivity index (χ2v) is 13.1. The second-order valence-electron chi connectivity index (χ2n) is 10.9. The van der Waals surface area contributed by atoms with Crippen molar-refractivity contribution in [2.75, 3.05) is 0 Å². The van der Waals surface area contributed by atoms with Crippen LogP contribution in [0.4, 0.5) is 0 Å². The van der Waals surface area contributed by atoms with Crippen molar-refractivity contribution in [2.45, 2.75) is 55.8 Å². The molecule has 9 heteroatoms. The van der Waals surface area contributed by atoms with Gasteiger partial charge in [0.2, 0.25) is 11.8 Å². The van der Waals surface area contributed by atoms with E-state index in [1.807, 2.05) is 20.8 Å². The highest BCUT2D eigenvalue weighted by Crippen LogP contribution is 2.68. The Morgan fingerprint density at radius 1 is 1.11 bits per heavy atom. The topological polar surface area (TPSA) is 108 Å². The van der Waals surface area contributed by atoms with E-state index in [0.29, 0.717) is 0 Å². The molecule has 0 unspecified atom stereocenters. The summed E-state index contributed by atoms with van der Waals surface area (Å²) in [5, 5.41) is 10.9. The van der Waals surface area contributed by atoms with Crippen LogP contribution in [0.25, 0.3) is 0 Å². The Morgan fingerprint density at radius 3 is 2.40 bits per heavy atom. The molecule has 2 aliphatic carbocycles. The number of imide groups is 1. The molecule has 6 rings (SSSR count). The van der Waals surface area contributed by atoms with Crippen molar-refractivity contribution in [1.29, 1.82) is 0 Å². The lowest BCUT2D eigenvalue weighted by atomic mass is 9.68. The number of amides is 2. The highest BCUT2D eigenvalue weighted by molar-refractivity contribution is 8.00. The second kappa shape index (κ2) is 8.06. The minimum absolute atomic E-state index is 0.000514. The third-order valence-corrected chi connectivity index (χ3v) is 11.1. The molecule has 1 saturated heterocycles. The van der Waals surface area contributed by atoms with Gasteiger partial charge < -0.3 is 10.1 Å². The number of carboxylic acid groups (broad SMARTS) is 1. The Labute approximate surface area is 211 Å². The summed E-state index contributed by atoms with van der Waals surface area (Å²) in [4.78, 5) is 56.8. The summed E-state index contributed by atoms with van der Waals surface area (Å²) < 4.78 is 0. The lowest BCUT2D eigenvalue weighted by molar-refractivity contribution is -0.156. The molecule has 2 aliphatic heterocycles. The van der Waals surface area contributed by atoms with Gasteiger partial charge in [0, 0.05) is 16.0 Å². The number of carbonyl (C=O) groups excluding carboxylic acids is 2. The molecule has 8 atom stereocenters. The van der Waals surface area contributed by atoms with Crippen LogP contribution in [0.3, 0.4) is 0 Å². The summed E-state index contributed by atoms with van der Waals surface area (Å²) in [6, 6.07) is 7.27. The fourth-order valence-corrected chi connectivity index (χ4v) is 10.1. The molecule has 2 N–H and O–H groups in total. The highest BCUT2D eigenvalue weighted by atomic mass is 32.2. The van der Waals surface area contributed by atoms with Crippen molar-refractivity contribution in [2.24, 2.45) is 35.5 Å². The SMILES string of the molecule is Cc1ccc([C@H]2c3sc(=O)[nH]c3S[C@@H]3[C@@H]4C[C@H]([C@H]5C(=O)N([C@@H](CC(C)C)C(=O)O)C(=O)[C@H]45)[C@H]23)cc1. The van der Waals surface area contributed by atoms with E-state index in [1.165, 1.54) is 11.3 Å². The quantitative estimate of drug-likeness (QED) is 0.592. The number of likely N-dealkylation sites (tertiary alicyclic amines) is 1. The zero-order valence-electron chi connectivity index (χ0n) is 19.8. The van der Waals surface area contributed by atoms with Crippen LogP contribution in [0, 0.1) is 42.4 Å². The van der Waals surface area contributed by atoms with Gasteiger partial charge in [-0.15, -0.1) is 11.8 Å². The number of aliphatic carboxylic acids is 1. The minimum Gasteiger partial charge on any atom is -0.480 e. The monoisotopic (exact) mass is 512 g/mol. The number of nitrogens with zero attached hydrogens (tertiary/aromatic N) is 1. The van der Waals surface area contributed by atoms with E-state index in [-0.39, 0.29) is 57.9 Å². The number of benzene rings is 1. The molecule has 2 saturated carbocycles. The number of nitrogens with one attached hydrogen (secondary N) is 1. The molecule has 3 fully saturated rings. The minimum atomic E-state index is -1.11. The smallest absolute Gasteiger partial charge is 0.326 e. The predicted molar refractivity (Wildman–Crippen MR) is 132 cm³/mol. The van der Waals surface area contributed by atoms with E-state index < -0.39 is 23.8 Å². The summed E-state index contributed by atoms with van der Waals surface area (Å²) in [6.07, 6.45) is 1.06. The molecule has 7 nitrogen and oxygen atoms in total. The van der Waals surface area contributed by atoms with Gasteiger partial charge in [0.25, 0.3) is 0 Å². The first-order valence-corrected chi connectivity index (χ1v) is 13.9. The Kier molecular flexibility index (Phi) is 5.31. The third kappa shape index (κ3) is 3.30. The van der Waals surface area contributed by atoms with E-state index in [1.54, 1.807) is 11.8 Å². The number of carboxylic acids is 1. The lowest BCUT2D eigenvalue weighted by Crippen LogP contribution is -2.47. The zero-order valence-corrected chi connectivity index (χ0v) is 21.4. The van der Waals surface area contributed by atoms with Crippen LogP contribution in [-0.4, -0.2) is 44.1 Å².